The third-order valence-corrected chi connectivity index (χ3v) is 4.32. The van der Waals surface area contributed by atoms with Crippen LogP contribution in [0.25, 0.3) is 22.2 Å². The second-order valence-corrected chi connectivity index (χ2v) is 6.24. The van der Waals surface area contributed by atoms with Gasteiger partial charge in [-0.25, -0.2) is 9.78 Å². The molecule has 0 spiro atoms. The van der Waals surface area contributed by atoms with E-state index in [1.807, 2.05) is 66.7 Å². The Bertz CT molecular complexity index is 1120. The number of fused-ring (bicyclic) bond motifs is 1. The second-order valence-electron chi connectivity index (χ2n) is 6.24. The molecule has 0 bridgehead atoms. The van der Waals surface area contributed by atoms with Gasteiger partial charge in [0.1, 0.15) is 11.5 Å². The zero-order valence-electron chi connectivity index (χ0n) is 15.5. The van der Waals surface area contributed by atoms with Crippen LogP contribution in [0.5, 0.6) is 11.5 Å². The molecule has 28 heavy (non-hydrogen) atoms. The van der Waals surface area contributed by atoms with E-state index in [-0.39, 0.29) is 5.97 Å². The lowest BCUT2D eigenvalue weighted by Crippen LogP contribution is -2.04. The first-order valence-electron chi connectivity index (χ1n) is 9.15. The van der Waals surface area contributed by atoms with Crippen LogP contribution in [-0.2, 0) is 4.74 Å². The summed E-state index contributed by atoms with van der Waals surface area (Å²) in [7, 11) is 0. The van der Waals surface area contributed by atoms with Gasteiger partial charge < -0.3 is 9.47 Å². The summed E-state index contributed by atoms with van der Waals surface area (Å²) in [5.41, 5.74) is 3.15. The number of benzene rings is 3. The fourth-order valence-corrected chi connectivity index (χ4v) is 3.01. The number of hydrogen-bond donors (Lipinski definition) is 0. The van der Waals surface area contributed by atoms with Crippen molar-refractivity contribution in [1.82, 2.24) is 4.98 Å². The van der Waals surface area contributed by atoms with Crippen molar-refractivity contribution in [3.63, 3.8) is 0 Å². The lowest BCUT2D eigenvalue weighted by molar-refractivity contribution is 0.0526. The Morgan fingerprint density at radius 3 is 2.50 bits per heavy atom. The molecule has 0 aliphatic carbocycles. The zero-order valence-corrected chi connectivity index (χ0v) is 15.5. The number of aromatic nitrogens is 1. The average molecular weight is 369 g/mol. The Kier molecular flexibility index (Phi) is 5.02. The molecule has 0 N–H and O–H groups in total. The number of ether oxygens (including phenoxy) is 2. The van der Waals surface area contributed by atoms with Gasteiger partial charge in [-0.2, -0.15) is 0 Å². The van der Waals surface area contributed by atoms with Crippen LogP contribution in [0.2, 0.25) is 0 Å². The first kappa shape index (κ1) is 17.7. The summed E-state index contributed by atoms with van der Waals surface area (Å²) in [4.78, 5) is 16.8. The molecule has 0 atom stereocenters. The molecule has 0 aliphatic heterocycles. The van der Waals surface area contributed by atoms with Crippen LogP contribution in [-0.4, -0.2) is 17.6 Å². The molecule has 138 valence electrons. The first-order valence-corrected chi connectivity index (χ1v) is 9.15. The summed E-state index contributed by atoms with van der Waals surface area (Å²) in [6, 6.07) is 26.7. The van der Waals surface area contributed by atoms with E-state index in [1.165, 1.54) is 0 Å². The number of esters is 1. The summed E-state index contributed by atoms with van der Waals surface area (Å²) in [5, 5.41) is 0.906. The van der Waals surface area contributed by atoms with Gasteiger partial charge in [0.2, 0.25) is 0 Å². The van der Waals surface area contributed by atoms with Gasteiger partial charge in [-0.3, -0.25) is 0 Å². The van der Waals surface area contributed by atoms with Gasteiger partial charge in [0.15, 0.2) is 0 Å². The highest BCUT2D eigenvalue weighted by Crippen LogP contribution is 2.33. The van der Waals surface area contributed by atoms with E-state index in [2.05, 4.69) is 0 Å². The molecule has 4 heteroatoms. The molecule has 0 unspecified atom stereocenters. The fraction of sp³-hybridized carbons (Fsp3) is 0.0833. The standard InChI is InChI=1S/C24H19NO3/c1-2-27-24(26)18-11-8-12-19(15-18)28-23-16-22(17-9-4-3-5-10-17)25-21-14-7-6-13-20(21)23/h3-16H,2H2,1H3. The summed E-state index contributed by atoms with van der Waals surface area (Å²) in [5.74, 6) is 0.892. The third-order valence-electron chi connectivity index (χ3n) is 4.32. The largest absolute Gasteiger partial charge is 0.462 e. The molecule has 4 aromatic rings. The number of carbonyl (C=O) groups is 1. The molecule has 1 aromatic heterocycles. The SMILES string of the molecule is CCOC(=O)c1cccc(Oc2cc(-c3ccccc3)nc3ccccc23)c1. The Balaban J connectivity index is 1.76. The normalized spacial score (nSPS) is 10.6. The van der Waals surface area contributed by atoms with E-state index in [0.29, 0.717) is 23.7 Å². The number of nitrogens with zero attached hydrogens (tertiary/aromatic N) is 1. The lowest BCUT2D eigenvalue weighted by Gasteiger charge is -2.12. The number of hydrogen-bond acceptors (Lipinski definition) is 4. The highest BCUT2D eigenvalue weighted by molar-refractivity contribution is 5.90. The minimum atomic E-state index is -0.363. The van der Waals surface area contributed by atoms with Crippen molar-refractivity contribution in [2.75, 3.05) is 6.61 Å². The van der Waals surface area contributed by atoms with E-state index in [9.17, 15) is 4.79 Å². The highest BCUT2D eigenvalue weighted by atomic mass is 16.5. The van der Waals surface area contributed by atoms with Crippen molar-refractivity contribution in [1.29, 1.82) is 0 Å². The topological polar surface area (TPSA) is 48.4 Å². The van der Waals surface area contributed by atoms with Gasteiger partial charge >= 0.3 is 5.97 Å². The summed E-state index contributed by atoms with van der Waals surface area (Å²) in [6.07, 6.45) is 0. The molecule has 0 aliphatic rings. The van der Waals surface area contributed by atoms with Crippen LogP contribution in [0.3, 0.4) is 0 Å². The number of pyridine rings is 1. The number of rotatable bonds is 5. The van der Waals surface area contributed by atoms with Crippen LogP contribution >= 0.6 is 0 Å². The fourth-order valence-electron chi connectivity index (χ4n) is 3.01. The predicted octanol–water partition coefficient (Wildman–Crippen LogP) is 5.87. The van der Waals surface area contributed by atoms with Gasteiger partial charge in [0.25, 0.3) is 0 Å². The van der Waals surface area contributed by atoms with Crippen molar-refractivity contribution in [3.05, 3.63) is 90.5 Å². The molecule has 0 amide bonds. The molecule has 1 heterocycles. The molecular weight excluding hydrogens is 350 g/mol. The molecule has 4 nitrogen and oxygen atoms in total. The van der Waals surface area contributed by atoms with Crippen molar-refractivity contribution in [2.24, 2.45) is 0 Å². The van der Waals surface area contributed by atoms with Gasteiger partial charge in [0.05, 0.1) is 23.4 Å². The molecule has 0 radical (unpaired) electrons. The highest BCUT2D eigenvalue weighted by Gasteiger charge is 2.11. The number of para-hydroxylation sites is 1. The van der Waals surface area contributed by atoms with E-state index in [1.54, 1.807) is 25.1 Å². The predicted molar refractivity (Wildman–Crippen MR) is 110 cm³/mol. The van der Waals surface area contributed by atoms with Gasteiger partial charge in [-0.05, 0) is 37.3 Å². The summed E-state index contributed by atoms with van der Waals surface area (Å²) < 4.78 is 11.3. The van der Waals surface area contributed by atoms with Crippen molar-refractivity contribution in [3.8, 4) is 22.8 Å². The Hall–Kier alpha value is -3.66. The van der Waals surface area contributed by atoms with Crippen molar-refractivity contribution >= 4 is 16.9 Å². The lowest BCUT2D eigenvalue weighted by atomic mass is 10.1. The molecule has 3 aromatic carbocycles. The minimum absolute atomic E-state index is 0.333. The van der Waals surface area contributed by atoms with Crippen LogP contribution in [0.1, 0.15) is 17.3 Å². The molecule has 0 fully saturated rings. The maximum Gasteiger partial charge on any atom is 0.338 e. The maximum absolute atomic E-state index is 12.0. The van der Waals surface area contributed by atoms with E-state index < -0.39 is 0 Å². The van der Waals surface area contributed by atoms with Crippen LogP contribution < -0.4 is 4.74 Å². The van der Waals surface area contributed by atoms with E-state index >= 15 is 0 Å². The Morgan fingerprint density at radius 2 is 1.68 bits per heavy atom. The smallest absolute Gasteiger partial charge is 0.338 e. The first-order chi connectivity index (χ1) is 13.7. The maximum atomic E-state index is 12.0. The van der Waals surface area contributed by atoms with E-state index in [0.717, 1.165) is 22.2 Å². The third kappa shape index (κ3) is 3.71. The van der Waals surface area contributed by atoms with Crippen LogP contribution in [0, 0.1) is 0 Å². The van der Waals surface area contributed by atoms with Gasteiger partial charge in [-0.1, -0.05) is 48.5 Å². The molecule has 0 saturated carbocycles. The minimum Gasteiger partial charge on any atom is -0.462 e. The Labute approximate surface area is 163 Å². The van der Waals surface area contributed by atoms with Crippen LogP contribution in [0.4, 0.5) is 0 Å². The number of carbonyl (C=O) groups excluding carboxylic acids is 1. The van der Waals surface area contributed by atoms with Crippen molar-refractivity contribution in [2.45, 2.75) is 6.92 Å². The molecular formula is C24H19NO3. The van der Waals surface area contributed by atoms with Crippen molar-refractivity contribution < 1.29 is 14.3 Å². The zero-order chi connectivity index (χ0) is 19.3. The van der Waals surface area contributed by atoms with Crippen LogP contribution in [0.15, 0.2) is 84.9 Å². The molecule has 0 saturated heterocycles. The quantitative estimate of drug-likeness (QED) is 0.413. The molecule has 4 rings (SSSR count). The summed E-state index contributed by atoms with van der Waals surface area (Å²) >= 11 is 0. The average Bonchev–Trinajstić information content (AvgIpc) is 2.75. The second kappa shape index (κ2) is 7.92. The Morgan fingerprint density at radius 1 is 0.893 bits per heavy atom. The van der Waals surface area contributed by atoms with Gasteiger partial charge in [0, 0.05) is 17.0 Å². The van der Waals surface area contributed by atoms with Gasteiger partial charge in [-0.15, -0.1) is 0 Å². The summed E-state index contributed by atoms with van der Waals surface area (Å²) in [6.45, 7) is 2.12. The monoisotopic (exact) mass is 369 g/mol. The van der Waals surface area contributed by atoms with E-state index in [4.69, 9.17) is 14.5 Å².